The third-order valence-electron chi connectivity index (χ3n) is 3.76. The number of amides is 3. The molecule has 21 heavy (non-hydrogen) atoms. The second kappa shape index (κ2) is 8.64. The molecule has 1 atom stereocenters. The summed E-state index contributed by atoms with van der Waals surface area (Å²) in [6.07, 6.45) is 4.17. The standard InChI is InChI=1S/C15H27N3O3/c1-10(2)14(20)16-8-9-17-15(21)13(18-11(3)19)12-6-4-5-7-12/h10,12-13H,4-9H2,1-3H3,(H,16,20)(H,17,21)(H,18,19). The molecule has 1 aliphatic carbocycles. The van der Waals surface area contributed by atoms with Gasteiger partial charge < -0.3 is 16.0 Å². The predicted octanol–water partition coefficient (Wildman–Crippen LogP) is 0.570. The van der Waals surface area contributed by atoms with E-state index in [-0.39, 0.29) is 29.6 Å². The van der Waals surface area contributed by atoms with Crippen molar-refractivity contribution in [1.82, 2.24) is 16.0 Å². The molecule has 1 unspecified atom stereocenters. The Hall–Kier alpha value is -1.59. The van der Waals surface area contributed by atoms with Gasteiger partial charge in [0.05, 0.1) is 0 Å². The molecule has 120 valence electrons. The minimum atomic E-state index is -0.453. The summed E-state index contributed by atoms with van der Waals surface area (Å²) in [5.74, 6) is -0.213. The smallest absolute Gasteiger partial charge is 0.242 e. The number of rotatable bonds is 7. The van der Waals surface area contributed by atoms with Crippen molar-refractivity contribution in [3.05, 3.63) is 0 Å². The van der Waals surface area contributed by atoms with Gasteiger partial charge in [-0.1, -0.05) is 26.7 Å². The maximum Gasteiger partial charge on any atom is 0.242 e. The Kier molecular flexibility index (Phi) is 7.19. The summed E-state index contributed by atoms with van der Waals surface area (Å²) in [6, 6.07) is -0.453. The SMILES string of the molecule is CC(=O)NC(C(=O)NCCNC(=O)C(C)C)C1CCCC1. The van der Waals surface area contributed by atoms with Crippen molar-refractivity contribution in [2.45, 2.75) is 52.5 Å². The Morgan fingerprint density at radius 3 is 2.00 bits per heavy atom. The first-order valence-electron chi connectivity index (χ1n) is 7.74. The van der Waals surface area contributed by atoms with Crippen LogP contribution in [0.3, 0.4) is 0 Å². The Morgan fingerprint density at radius 2 is 1.52 bits per heavy atom. The minimum Gasteiger partial charge on any atom is -0.354 e. The van der Waals surface area contributed by atoms with E-state index in [1.54, 1.807) is 0 Å². The molecule has 0 spiro atoms. The van der Waals surface area contributed by atoms with E-state index in [1.165, 1.54) is 6.92 Å². The molecule has 0 bridgehead atoms. The number of hydrogen-bond donors (Lipinski definition) is 3. The highest BCUT2D eigenvalue weighted by atomic mass is 16.2. The number of hydrogen-bond acceptors (Lipinski definition) is 3. The van der Waals surface area contributed by atoms with Crippen LogP contribution >= 0.6 is 0 Å². The Labute approximate surface area is 126 Å². The van der Waals surface area contributed by atoms with E-state index in [0.29, 0.717) is 13.1 Å². The first-order valence-corrected chi connectivity index (χ1v) is 7.74. The largest absolute Gasteiger partial charge is 0.354 e. The van der Waals surface area contributed by atoms with Crippen LogP contribution in [0, 0.1) is 11.8 Å². The molecule has 3 N–H and O–H groups in total. The lowest BCUT2D eigenvalue weighted by molar-refractivity contribution is -0.129. The van der Waals surface area contributed by atoms with Crippen LogP contribution in [-0.4, -0.2) is 36.9 Å². The zero-order chi connectivity index (χ0) is 15.8. The molecule has 1 aliphatic rings. The second-order valence-electron chi connectivity index (χ2n) is 5.96. The van der Waals surface area contributed by atoms with E-state index < -0.39 is 6.04 Å². The summed E-state index contributed by atoms with van der Waals surface area (Å²) in [7, 11) is 0. The van der Waals surface area contributed by atoms with E-state index in [4.69, 9.17) is 0 Å². The van der Waals surface area contributed by atoms with Gasteiger partial charge in [-0.05, 0) is 18.8 Å². The molecule has 1 rings (SSSR count). The third kappa shape index (κ3) is 6.14. The summed E-state index contributed by atoms with van der Waals surface area (Å²) in [5.41, 5.74) is 0. The number of carbonyl (C=O) groups excluding carboxylic acids is 3. The van der Waals surface area contributed by atoms with Crippen molar-refractivity contribution in [2.75, 3.05) is 13.1 Å². The summed E-state index contributed by atoms with van der Waals surface area (Å²) < 4.78 is 0. The average molecular weight is 297 g/mol. The zero-order valence-corrected chi connectivity index (χ0v) is 13.2. The normalized spacial score (nSPS) is 16.6. The molecule has 1 fully saturated rings. The third-order valence-corrected chi connectivity index (χ3v) is 3.76. The monoisotopic (exact) mass is 297 g/mol. The molecule has 6 heteroatoms. The van der Waals surface area contributed by atoms with Crippen molar-refractivity contribution in [2.24, 2.45) is 11.8 Å². The minimum absolute atomic E-state index is 0.0292. The quantitative estimate of drug-likeness (QED) is 0.600. The number of nitrogens with one attached hydrogen (secondary N) is 3. The van der Waals surface area contributed by atoms with Crippen molar-refractivity contribution in [3.63, 3.8) is 0 Å². The van der Waals surface area contributed by atoms with Gasteiger partial charge in [-0.25, -0.2) is 0 Å². The van der Waals surface area contributed by atoms with Crippen molar-refractivity contribution in [3.8, 4) is 0 Å². The van der Waals surface area contributed by atoms with E-state index in [1.807, 2.05) is 13.8 Å². The molecule has 0 saturated heterocycles. The molecule has 0 aliphatic heterocycles. The fourth-order valence-corrected chi connectivity index (χ4v) is 2.59. The molecule has 1 saturated carbocycles. The van der Waals surface area contributed by atoms with Crippen molar-refractivity contribution < 1.29 is 14.4 Å². The Morgan fingerprint density at radius 1 is 1.00 bits per heavy atom. The lowest BCUT2D eigenvalue weighted by Crippen LogP contribution is -2.51. The van der Waals surface area contributed by atoms with E-state index in [2.05, 4.69) is 16.0 Å². The van der Waals surface area contributed by atoms with Crippen molar-refractivity contribution >= 4 is 17.7 Å². The Bertz CT molecular complexity index is 376. The van der Waals surface area contributed by atoms with Gasteiger partial charge in [0.2, 0.25) is 17.7 Å². The van der Waals surface area contributed by atoms with Crippen LogP contribution in [0.5, 0.6) is 0 Å². The molecule has 0 aromatic carbocycles. The lowest BCUT2D eigenvalue weighted by Gasteiger charge is -2.23. The summed E-state index contributed by atoms with van der Waals surface area (Å²) in [4.78, 5) is 34.9. The van der Waals surface area contributed by atoms with Gasteiger partial charge in [-0.3, -0.25) is 14.4 Å². The van der Waals surface area contributed by atoms with Crippen LogP contribution in [-0.2, 0) is 14.4 Å². The molecule has 0 radical (unpaired) electrons. The summed E-state index contributed by atoms with van der Waals surface area (Å²) >= 11 is 0. The molecular formula is C15H27N3O3. The fourth-order valence-electron chi connectivity index (χ4n) is 2.59. The molecule has 0 aromatic rings. The predicted molar refractivity (Wildman–Crippen MR) is 80.4 cm³/mol. The van der Waals surface area contributed by atoms with Gasteiger partial charge in [0.15, 0.2) is 0 Å². The van der Waals surface area contributed by atoms with Crippen LogP contribution in [0.2, 0.25) is 0 Å². The highest BCUT2D eigenvalue weighted by Gasteiger charge is 2.30. The number of carbonyl (C=O) groups is 3. The molecule has 3 amide bonds. The molecule has 0 heterocycles. The van der Waals surface area contributed by atoms with E-state index >= 15 is 0 Å². The summed E-state index contributed by atoms with van der Waals surface area (Å²) in [5, 5.41) is 8.29. The molecule has 0 aromatic heterocycles. The second-order valence-corrected chi connectivity index (χ2v) is 5.96. The van der Waals surface area contributed by atoms with Crippen LogP contribution in [0.15, 0.2) is 0 Å². The highest BCUT2D eigenvalue weighted by Crippen LogP contribution is 2.27. The van der Waals surface area contributed by atoms with E-state index in [9.17, 15) is 14.4 Å². The van der Waals surface area contributed by atoms with Gasteiger partial charge in [-0.15, -0.1) is 0 Å². The molecule has 6 nitrogen and oxygen atoms in total. The molecular weight excluding hydrogens is 270 g/mol. The van der Waals surface area contributed by atoms with Gasteiger partial charge >= 0.3 is 0 Å². The average Bonchev–Trinajstić information content (AvgIpc) is 2.93. The van der Waals surface area contributed by atoms with Crippen molar-refractivity contribution in [1.29, 1.82) is 0 Å². The van der Waals surface area contributed by atoms with Gasteiger partial charge in [0.25, 0.3) is 0 Å². The van der Waals surface area contributed by atoms with Crippen LogP contribution < -0.4 is 16.0 Å². The van der Waals surface area contributed by atoms with Crippen LogP contribution in [0.4, 0.5) is 0 Å². The van der Waals surface area contributed by atoms with Crippen LogP contribution in [0.1, 0.15) is 46.5 Å². The highest BCUT2D eigenvalue weighted by molar-refractivity contribution is 5.87. The topological polar surface area (TPSA) is 87.3 Å². The first kappa shape index (κ1) is 17.5. The Balaban J connectivity index is 2.38. The maximum absolute atomic E-state index is 12.2. The van der Waals surface area contributed by atoms with Crippen LogP contribution in [0.25, 0.3) is 0 Å². The fraction of sp³-hybridized carbons (Fsp3) is 0.800. The summed E-state index contributed by atoms with van der Waals surface area (Å²) in [6.45, 7) is 5.85. The first-order chi connectivity index (χ1) is 9.91. The van der Waals surface area contributed by atoms with Gasteiger partial charge in [-0.2, -0.15) is 0 Å². The lowest BCUT2D eigenvalue weighted by atomic mass is 9.97. The van der Waals surface area contributed by atoms with E-state index in [0.717, 1.165) is 25.7 Å². The maximum atomic E-state index is 12.2. The zero-order valence-electron chi connectivity index (χ0n) is 13.2. The van der Waals surface area contributed by atoms with Gasteiger partial charge in [0.1, 0.15) is 6.04 Å². The van der Waals surface area contributed by atoms with Gasteiger partial charge in [0, 0.05) is 25.9 Å².